The van der Waals surface area contributed by atoms with E-state index in [1.807, 2.05) is 0 Å². The van der Waals surface area contributed by atoms with Crippen molar-refractivity contribution in [1.29, 1.82) is 0 Å². The first-order chi connectivity index (χ1) is 5.70. The maximum atomic E-state index is 10.7. The molecule has 0 spiro atoms. The highest BCUT2D eigenvalue weighted by atomic mass is 79.9. The molecule has 0 unspecified atom stereocenters. The lowest BCUT2D eigenvalue weighted by molar-refractivity contribution is 0.0683. The van der Waals surface area contributed by atoms with Crippen molar-refractivity contribution in [3.05, 3.63) is 16.6 Å². The van der Waals surface area contributed by atoms with E-state index in [2.05, 4.69) is 20.9 Å². The summed E-state index contributed by atoms with van der Waals surface area (Å²) in [5.41, 5.74) is 0.262. The van der Waals surface area contributed by atoms with Crippen molar-refractivity contribution in [1.82, 2.24) is 9.55 Å². The van der Waals surface area contributed by atoms with Crippen LogP contribution >= 0.6 is 15.9 Å². The second-order valence-electron chi connectivity index (χ2n) is 2.83. The fourth-order valence-corrected chi connectivity index (χ4v) is 1.63. The highest BCUT2D eigenvalue weighted by Crippen LogP contribution is 2.37. The fraction of sp³-hybridized carbons (Fsp3) is 0.429. The molecule has 0 aliphatic heterocycles. The average molecular weight is 231 g/mol. The normalized spacial score (nSPS) is 16.4. The molecule has 4 nitrogen and oxygen atoms in total. The van der Waals surface area contributed by atoms with E-state index >= 15 is 0 Å². The Morgan fingerprint density at radius 3 is 2.92 bits per heavy atom. The number of halogens is 1. The molecule has 1 N–H and O–H groups in total. The standard InChI is InChI=1S/C7H7BrN2O2/c8-6-5(7(11)12)10(3-9-6)4-1-2-4/h3-4H,1-2H2,(H,11,12). The van der Waals surface area contributed by atoms with E-state index in [1.165, 1.54) is 0 Å². The van der Waals surface area contributed by atoms with Gasteiger partial charge in [0, 0.05) is 6.04 Å². The van der Waals surface area contributed by atoms with Crippen molar-refractivity contribution in [2.45, 2.75) is 18.9 Å². The first-order valence-electron chi connectivity index (χ1n) is 3.66. The molecule has 1 aromatic heterocycles. The predicted molar refractivity (Wildman–Crippen MR) is 45.2 cm³/mol. The minimum absolute atomic E-state index is 0.262. The van der Waals surface area contributed by atoms with Gasteiger partial charge in [-0.3, -0.25) is 0 Å². The van der Waals surface area contributed by atoms with Crippen LogP contribution in [0.1, 0.15) is 29.4 Å². The third-order valence-electron chi connectivity index (χ3n) is 1.89. The zero-order valence-electron chi connectivity index (χ0n) is 6.20. The van der Waals surface area contributed by atoms with E-state index in [1.54, 1.807) is 10.9 Å². The molecule has 2 rings (SSSR count). The number of nitrogens with zero attached hydrogens (tertiary/aromatic N) is 2. The predicted octanol–water partition coefficient (Wildman–Crippen LogP) is 1.68. The van der Waals surface area contributed by atoms with Crippen LogP contribution in [0, 0.1) is 0 Å². The van der Waals surface area contributed by atoms with Gasteiger partial charge in [0.15, 0.2) is 5.69 Å². The van der Waals surface area contributed by atoms with Gasteiger partial charge in [0.05, 0.1) is 6.33 Å². The Hall–Kier alpha value is -0.840. The molecule has 0 radical (unpaired) electrons. The van der Waals surface area contributed by atoms with Crippen molar-refractivity contribution in [2.24, 2.45) is 0 Å². The van der Waals surface area contributed by atoms with Gasteiger partial charge in [-0.05, 0) is 28.8 Å². The van der Waals surface area contributed by atoms with Gasteiger partial charge in [-0.25, -0.2) is 9.78 Å². The lowest BCUT2D eigenvalue weighted by Gasteiger charge is -2.00. The highest BCUT2D eigenvalue weighted by molar-refractivity contribution is 9.10. The minimum Gasteiger partial charge on any atom is -0.476 e. The van der Waals surface area contributed by atoms with Gasteiger partial charge in [-0.2, -0.15) is 0 Å². The molecule has 1 fully saturated rings. The zero-order valence-corrected chi connectivity index (χ0v) is 7.78. The van der Waals surface area contributed by atoms with Gasteiger partial charge in [0.25, 0.3) is 0 Å². The van der Waals surface area contributed by atoms with Gasteiger partial charge in [-0.1, -0.05) is 0 Å². The summed E-state index contributed by atoms with van der Waals surface area (Å²) in [7, 11) is 0. The minimum atomic E-state index is -0.925. The van der Waals surface area contributed by atoms with E-state index in [0.29, 0.717) is 10.6 Å². The summed E-state index contributed by atoms with van der Waals surface area (Å²) in [5, 5.41) is 8.82. The van der Waals surface area contributed by atoms with Crippen LogP contribution in [0.25, 0.3) is 0 Å². The fourth-order valence-electron chi connectivity index (χ4n) is 1.17. The number of carboxylic acid groups (broad SMARTS) is 1. The van der Waals surface area contributed by atoms with Crippen LogP contribution in [0.2, 0.25) is 0 Å². The van der Waals surface area contributed by atoms with Crippen LogP contribution in [-0.2, 0) is 0 Å². The molecule has 1 aliphatic carbocycles. The smallest absolute Gasteiger partial charge is 0.355 e. The topological polar surface area (TPSA) is 55.1 Å². The maximum Gasteiger partial charge on any atom is 0.355 e. The molecular weight excluding hydrogens is 224 g/mol. The molecule has 0 aromatic carbocycles. The second-order valence-corrected chi connectivity index (χ2v) is 3.58. The SMILES string of the molecule is O=C(O)c1c(Br)ncn1C1CC1. The number of hydrogen-bond donors (Lipinski definition) is 1. The number of hydrogen-bond acceptors (Lipinski definition) is 2. The monoisotopic (exact) mass is 230 g/mol. The van der Waals surface area contributed by atoms with Crippen LogP contribution in [0.3, 0.4) is 0 Å². The Balaban J connectivity index is 2.46. The summed E-state index contributed by atoms with van der Waals surface area (Å²) in [4.78, 5) is 14.6. The first-order valence-corrected chi connectivity index (χ1v) is 4.45. The van der Waals surface area contributed by atoms with Crippen LogP contribution in [0.5, 0.6) is 0 Å². The Kier molecular flexibility index (Phi) is 1.68. The van der Waals surface area contributed by atoms with Crippen molar-refractivity contribution in [3.63, 3.8) is 0 Å². The van der Waals surface area contributed by atoms with Crippen LogP contribution in [-0.4, -0.2) is 20.6 Å². The number of carbonyl (C=O) groups is 1. The molecule has 0 atom stereocenters. The van der Waals surface area contributed by atoms with Crippen LogP contribution in [0.15, 0.2) is 10.9 Å². The molecule has 0 saturated heterocycles. The van der Waals surface area contributed by atoms with E-state index in [9.17, 15) is 4.79 Å². The zero-order chi connectivity index (χ0) is 8.72. The van der Waals surface area contributed by atoms with Gasteiger partial charge >= 0.3 is 5.97 Å². The molecule has 5 heteroatoms. The van der Waals surface area contributed by atoms with Crippen molar-refractivity contribution >= 4 is 21.9 Å². The molecule has 1 aromatic rings. The largest absolute Gasteiger partial charge is 0.476 e. The summed E-state index contributed by atoms with van der Waals surface area (Å²) < 4.78 is 2.13. The van der Waals surface area contributed by atoms with Crippen molar-refractivity contribution in [3.8, 4) is 0 Å². The number of rotatable bonds is 2. The molecule has 64 valence electrons. The van der Waals surface area contributed by atoms with Gasteiger partial charge in [0.1, 0.15) is 4.60 Å². The number of carboxylic acids is 1. The van der Waals surface area contributed by atoms with E-state index < -0.39 is 5.97 Å². The molecule has 1 aliphatic rings. The Labute approximate surface area is 77.3 Å². The van der Waals surface area contributed by atoms with Crippen LogP contribution < -0.4 is 0 Å². The number of imidazole rings is 1. The average Bonchev–Trinajstić information content (AvgIpc) is 2.75. The maximum absolute atomic E-state index is 10.7. The number of aromatic carboxylic acids is 1. The Morgan fingerprint density at radius 2 is 2.42 bits per heavy atom. The Bertz CT molecular complexity index is 330. The van der Waals surface area contributed by atoms with Gasteiger partial charge in [-0.15, -0.1) is 0 Å². The molecule has 12 heavy (non-hydrogen) atoms. The number of aromatic nitrogens is 2. The lowest BCUT2D eigenvalue weighted by Crippen LogP contribution is -2.06. The van der Waals surface area contributed by atoms with Crippen molar-refractivity contribution < 1.29 is 9.90 Å². The third kappa shape index (κ3) is 1.14. The van der Waals surface area contributed by atoms with Gasteiger partial charge in [0.2, 0.25) is 0 Å². The van der Waals surface area contributed by atoms with E-state index in [0.717, 1.165) is 12.8 Å². The molecule has 1 heterocycles. The summed E-state index contributed by atoms with van der Waals surface area (Å²) in [6.07, 6.45) is 3.69. The summed E-state index contributed by atoms with van der Waals surface area (Å²) in [6, 6.07) is 0.356. The van der Waals surface area contributed by atoms with Crippen LogP contribution in [0.4, 0.5) is 0 Å². The van der Waals surface area contributed by atoms with Crippen molar-refractivity contribution in [2.75, 3.05) is 0 Å². The molecule has 1 saturated carbocycles. The van der Waals surface area contributed by atoms with E-state index in [4.69, 9.17) is 5.11 Å². The lowest BCUT2D eigenvalue weighted by atomic mass is 10.4. The molecule has 0 amide bonds. The summed E-state index contributed by atoms with van der Waals surface area (Å²) in [6.45, 7) is 0. The second kappa shape index (κ2) is 2.58. The highest BCUT2D eigenvalue weighted by Gasteiger charge is 2.29. The van der Waals surface area contributed by atoms with E-state index in [-0.39, 0.29) is 5.69 Å². The van der Waals surface area contributed by atoms with Gasteiger partial charge < -0.3 is 9.67 Å². The quantitative estimate of drug-likeness (QED) is 0.842. The Morgan fingerprint density at radius 1 is 1.75 bits per heavy atom. The third-order valence-corrected chi connectivity index (χ3v) is 2.47. The molecular formula is C7H7BrN2O2. The summed E-state index contributed by atoms with van der Waals surface area (Å²) in [5.74, 6) is -0.925. The molecule has 0 bridgehead atoms. The first kappa shape index (κ1) is 7.79. The summed E-state index contributed by atoms with van der Waals surface area (Å²) >= 11 is 3.10.